The maximum atomic E-state index is 12.7. The largest absolute Gasteiger partial charge is 0.467 e. The van der Waals surface area contributed by atoms with Gasteiger partial charge >= 0.3 is 6.18 Å². The second-order valence-electron chi connectivity index (χ2n) is 4.98. The van der Waals surface area contributed by atoms with Gasteiger partial charge in [-0.15, -0.1) is 0 Å². The van der Waals surface area contributed by atoms with Gasteiger partial charge in [0.25, 0.3) is 0 Å². The van der Waals surface area contributed by atoms with Crippen LogP contribution >= 0.6 is 0 Å². The molecule has 0 aromatic heterocycles. The SMILES string of the molecule is CC1=CC=CN(C2CO2)C1Oc1cccc(C(F)(F)F)c1. The van der Waals surface area contributed by atoms with Gasteiger partial charge in [0, 0.05) is 6.20 Å². The van der Waals surface area contributed by atoms with Crippen LogP contribution in [0.1, 0.15) is 12.5 Å². The molecule has 3 nitrogen and oxygen atoms in total. The summed E-state index contributed by atoms with van der Waals surface area (Å²) in [5.41, 5.74) is 0.188. The third kappa shape index (κ3) is 3.05. The summed E-state index contributed by atoms with van der Waals surface area (Å²) in [6, 6.07) is 4.90. The number of alkyl halides is 3. The summed E-state index contributed by atoms with van der Waals surface area (Å²) in [6.45, 7) is 2.47. The van der Waals surface area contributed by atoms with E-state index in [2.05, 4.69) is 0 Å². The lowest BCUT2D eigenvalue weighted by atomic mass is 10.1. The molecule has 2 atom stereocenters. The minimum Gasteiger partial charge on any atom is -0.467 e. The lowest BCUT2D eigenvalue weighted by molar-refractivity contribution is -0.137. The Morgan fingerprint density at radius 2 is 2.10 bits per heavy atom. The van der Waals surface area contributed by atoms with Crippen molar-refractivity contribution in [3.63, 3.8) is 0 Å². The molecule has 0 aliphatic carbocycles. The second kappa shape index (κ2) is 5.11. The van der Waals surface area contributed by atoms with Crippen LogP contribution in [0, 0.1) is 0 Å². The van der Waals surface area contributed by atoms with Crippen molar-refractivity contribution in [1.82, 2.24) is 4.90 Å². The van der Waals surface area contributed by atoms with Gasteiger partial charge in [-0.3, -0.25) is 0 Å². The van der Waals surface area contributed by atoms with Crippen LogP contribution in [0.15, 0.2) is 48.2 Å². The molecule has 1 fully saturated rings. The van der Waals surface area contributed by atoms with Gasteiger partial charge in [-0.2, -0.15) is 13.2 Å². The Balaban J connectivity index is 1.82. The van der Waals surface area contributed by atoms with Crippen LogP contribution in [0.3, 0.4) is 0 Å². The first-order chi connectivity index (χ1) is 9.95. The van der Waals surface area contributed by atoms with E-state index < -0.39 is 18.0 Å². The molecule has 2 aliphatic heterocycles. The molecular formula is C15H14F3NO2. The Labute approximate surface area is 120 Å². The molecule has 2 aliphatic rings. The quantitative estimate of drug-likeness (QED) is 0.798. The molecule has 3 rings (SSSR count). The zero-order chi connectivity index (χ0) is 15.0. The summed E-state index contributed by atoms with van der Waals surface area (Å²) in [5.74, 6) is 0.184. The minimum atomic E-state index is -4.38. The number of rotatable bonds is 3. The highest BCUT2D eigenvalue weighted by Crippen LogP contribution is 2.33. The fraction of sp³-hybridized carbons (Fsp3) is 0.333. The Kier molecular flexibility index (Phi) is 3.41. The summed E-state index contributed by atoms with van der Waals surface area (Å²) in [4.78, 5) is 1.86. The van der Waals surface area contributed by atoms with Crippen LogP contribution in [0.4, 0.5) is 13.2 Å². The Bertz CT molecular complexity index is 591. The van der Waals surface area contributed by atoms with E-state index in [1.165, 1.54) is 12.1 Å². The van der Waals surface area contributed by atoms with Gasteiger partial charge in [0.05, 0.1) is 12.2 Å². The molecule has 1 aromatic rings. The zero-order valence-electron chi connectivity index (χ0n) is 11.3. The average Bonchev–Trinajstić information content (AvgIpc) is 3.25. The number of hydrogen-bond donors (Lipinski definition) is 0. The molecule has 2 unspecified atom stereocenters. The van der Waals surface area contributed by atoms with E-state index in [1.54, 1.807) is 0 Å². The molecule has 112 valence electrons. The number of halogens is 3. The first-order valence-electron chi connectivity index (χ1n) is 6.53. The van der Waals surface area contributed by atoms with Gasteiger partial charge in [-0.25, -0.2) is 0 Å². The molecule has 0 bridgehead atoms. The third-order valence-electron chi connectivity index (χ3n) is 3.33. The predicted octanol–water partition coefficient (Wildman–Crippen LogP) is 3.54. The minimum absolute atomic E-state index is 0.0688. The van der Waals surface area contributed by atoms with E-state index in [1.807, 2.05) is 30.2 Å². The van der Waals surface area contributed by atoms with Crippen LogP contribution in [-0.4, -0.2) is 24.0 Å². The number of epoxide rings is 1. The predicted molar refractivity (Wildman–Crippen MR) is 70.3 cm³/mol. The molecular weight excluding hydrogens is 283 g/mol. The van der Waals surface area contributed by atoms with Crippen LogP contribution in [-0.2, 0) is 10.9 Å². The number of hydrogen-bond acceptors (Lipinski definition) is 3. The van der Waals surface area contributed by atoms with E-state index in [0.717, 1.165) is 17.7 Å². The van der Waals surface area contributed by atoms with Crippen molar-refractivity contribution < 1.29 is 22.6 Å². The molecule has 6 heteroatoms. The van der Waals surface area contributed by atoms with E-state index >= 15 is 0 Å². The summed E-state index contributed by atoms with van der Waals surface area (Å²) >= 11 is 0. The lowest BCUT2D eigenvalue weighted by Crippen LogP contribution is -2.40. The van der Waals surface area contributed by atoms with Crippen molar-refractivity contribution in [1.29, 1.82) is 0 Å². The third-order valence-corrected chi connectivity index (χ3v) is 3.33. The van der Waals surface area contributed by atoms with Crippen molar-refractivity contribution in [3.05, 3.63) is 53.8 Å². The van der Waals surface area contributed by atoms with Gasteiger partial charge in [-0.05, 0) is 36.8 Å². The summed E-state index contributed by atoms with van der Waals surface area (Å²) < 4.78 is 49.2. The standard InChI is InChI=1S/C15H14F3NO2/c1-10-4-3-7-19(13-9-20-13)14(10)21-12-6-2-5-11(8-12)15(16,17)18/h2-8,13-14H,9H2,1H3. The van der Waals surface area contributed by atoms with Gasteiger partial charge in [0.15, 0.2) is 12.5 Å². The van der Waals surface area contributed by atoms with E-state index in [0.29, 0.717) is 6.61 Å². The highest BCUT2D eigenvalue weighted by molar-refractivity contribution is 5.32. The highest BCUT2D eigenvalue weighted by atomic mass is 19.4. The van der Waals surface area contributed by atoms with Crippen molar-refractivity contribution >= 4 is 0 Å². The van der Waals surface area contributed by atoms with Gasteiger partial charge in [0.1, 0.15) is 5.75 Å². The van der Waals surface area contributed by atoms with E-state index in [-0.39, 0.29) is 12.0 Å². The number of ether oxygens (including phenoxy) is 2. The topological polar surface area (TPSA) is 25.0 Å². The number of nitrogens with zero attached hydrogens (tertiary/aromatic N) is 1. The average molecular weight is 297 g/mol. The summed E-state index contributed by atoms with van der Waals surface area (Å²) in [7, 11) is 0. The fourth-order valence-corrected chi connectivity index (χ4v) is 2.18. The van der Waals surface area contributed by atoms with Crippen molar-refractivity contribution in [2.45, 2.75) is 25.6 Å². The molecule has 0 saturated carbocycles. The number of allylic oxidation sites excluding steroid dienone is 2. The monoisotopic (exact) mass is 297 g/mol. The van der Waals surface area contributed by atoms with Crippen molar-refractivity contribution in [2.75, 3.05) is 6.61 Å². The Morgan fingerprint density at radius 3 is 2.76 bits per heavy atom. The molecule has 0 amide bonds. The highest BCUT2D eigenvalue weighted by Gasteiger charge is 2.36. The maximum Gasteiger partial charge on any atom is 0.416 e. The molecule has 0 spiro atoms. The molecule has 1 saturated heterocycles. The van der Waals surface area contributed by atoms with Gasteiger partial charge < -0.3 is 14.4 Å². The summed E-state index contributed by atoms with van der Waals surface area (Å²) in [6.07, 6.45) is 0.658. The number of benzene rings is 1. The molecule has 0 radical (unpaired) electrons. The molecule has 1 aromatic carbocycles. The molecule has 0 N–H and O–H groups in total. The van der Waals surface area contributed by atoms with E-state index in [4.69, 9.17) is 9.47 Å². The van der Waals surface area contributed by atoms with Crippen LogP contribution in [0.2, 0.25) is 0 Å². The van der Waals surface area contributed by atoms with Crippen LogP contribution in [0.5, 0.6) is 5.75 Å². The van der Waals surface area contributed by atoms with E-state index in [9.17, 15) is 13.2 Å². The smallest absolute Gasteiger partial charge is 0.416 e. The molecule has 21 heavy (non-hydrogen) atoms. The van der Waals surface area contributed by atoms with Crippen LogP contribution in [0.25, 0.3) is 0 Å². The summed E-state index contributed by atoms with van der Waals surface area (Å²) in [5, 5.41) is 0. The van der Waals surface area contributed by atoms with Crippen molar-refractivity contribution in [3.8, 4) is 5.75 Å². The zero-order valence-corrected chi connectivity index (χ0v) is 11.3. The normalized spacial score (nSPS) is 24.8. The Hall–Kier alpha value is -1.95. The van der Waals surface area contributed by atoms with Crippen LogP contribution < -0.4 is 4.74 Å². The van der Waals surface area contributed by atoms with Gasteiger partial charge in [0.2, 0.25) is 0 Å². The lowest BCUT2D eigenvalue weighted by Gasteiger charge is -2.32. The fourth-order valence-electron chi connectivity index (χ4n) is 2.18. The molecule has 2 heterocycles. The Morgan fingerprint density at radius 1 is 1.33 bits per heavy atom. The maximum absolute atomic E-state index is 12.7. The first-order valence-corrected chi connectivity index (χ1v) is 6.53. The van der Waals surface area contributed by atoms with Gasteiger partial charge in [-0.1, -0.05) is 12.1 Å². The van der Waals surface area contributed by atoms with Crippen molar-refractivity contribution in [2.24, 2.45) is 0 Å². The second-order valence-corrected chi connectivity index (χ2v) is 4.98. The first kappa shape index (κ1) is 14.0.